The minimum Gasteiger partial charge on any atom is -0.497 e. The Bertz CT molecular complexity index is 1080. The molecule has 0 amide bonds. The molecule has 1 aliphatic heterocycles. The van der Waals surface area contributed by atoms with E-state index in [1.165, 1.54) is 0 Å². The van der Waals surface area contributed by atoms with E-state index in [0.717, 1.165) is 33.0 Å². The van der Waals surface area contributed by atoms with E-state index in [9.17, 15) is 5.26 Å². The predicted molar refractivity (Wildman–Crippen MR) is 108 cm³/mol. The van der Waals surface area contributed by atoms with E-state index in [1.54, 1.807) is 18.9 Å². The van der Waals surface area contributed by atoms with Crippen molar-refractivity contribution in [2.75, 3.05) is 13.4 Å². The second kappa shape index (κ2) is 7.33. The third kappa shape index (κ3) is 2.98. The van der Waals surface area contributed by atoms with E-state index in [1.807, 2.05) is 54.8 Å². The highest BCUT2D eigenvalue weighted by Gasteiger charge is 2.35. The molecule has 0 spiro atoms. The molecule has 140 valence electrons. The minimum atomic E-state index is -0.361. The Labute approximate surface area is 167 Å². The number of nitrogens with one attached hydrogen (secondary N) is 1. The molecule has 4 rings (SSSR count). The summed E-state index contributed by atoms with van der Waals surface area (Å²) in [5.41, 5.74) is 9.87. The first-order valence-electron chi connectivity index (χ1n) is 8.60. The van der Waals surface area contributed by atoms with Crippen LogP contribution in [0.2, 0.25) is 0 Å². The molecule has 2 aromatic carbocycles. The van der Waals surface area contributed by atoms with Gasteiger partial charge in [-0.25, -0.2) is 0 Å². The zero-order valence-electron chi connectivity index (χ0n) is 15.4. The summed E-state index contributed by atoms with van der Waals surface area (Å²) in [6.07, 6.45) is 2.03. The third-order valence-corrected chi connectivity index (χ3v) is 5.51. The molecular weight excluding hydrogens is 372 g/mol. The third-order valence-electron chi connectivity index (χ3n) is 4.77. The maximum Gasteiger partial charge on any atom is 0.244 e. The SMILES string of the molecule is COc1ccc(-c2[nH]nc3c2C(c2ccc(SC)cc2)C(C#N)=C(N)O3)cc1. The molecule has 7 heteroatoms. The number of benzene rings is 2. The standard InChI is InChI=1S/C21H18N4O2S/c1-26-14-7-3-13(4-8-14)19-18-17(12-5-9-15(28-2)10-6-12)16(11-22)20(23)27-21(18)25-24-19/h3-10,17H,23H2,1-2H3,(H,24,25). The first-order chi connectivity index (χ1) is 13.7. The molecule has 0 radical (unpaired) electrons. The number of hydrogen-bond acceptors (Lipinski definition) is 6. The minimum absolute atomic E-state index is 0.0849. The molecule has 0 bridgehead atoms. The van der Waals surface area contributed by atoms with Crippen molar-refractivity contribution in [3.8, 4) is 29.0 Å². The number of aromatic nitrogens is 2. The Balaban J connectivity index is 1.88. The average Bonchev–Trinajstić information content (AvgIpc) is 3.16. The van der Waals surface area contributed by atoms with Gasteiger partial charge in [0.1, 0.15) is 17.4 Å². The molecule has 1 aromatic heterocycles. The van der Waals surface area contributed by atoms with Gasteiger partial charge in [0, 0.05) is 10.5 Å². The van der Waals surface area contributed by atoms with Crippen LogP contribution in [-0.2, 0) is 0 Å². The van der Waals surface area contributed by atoms with Crippen molar-refractivity contribution in [3.05, 3.63) is 71.1 Å². The summed E-state index contributed by atoms with van der Waals surface area (Å²) in [7, 11) is 1.63. The molecule has 3 N–H and O–H groups in total. The van der Waals surface area contributed by atoms with Gasteiger partial charge in [0.05, 0.1) is 24.3 Å². The molecule has 1 unspecified atom stereocenters. The number of nitrogens with zero attached hydrogens (tertiary/aromatic N) is 2. The molecule has 28 heavy (non-hydrogen) atoms. The first-order valence-corrected chi connectivity index (χ1v) is 9.83. The fraction of sp³-hybridized carbons (Fsp3) is 0.143. The van der Waals surface area contributed by atoms with Gasteiger partial charge in [-0.3, -0.25) is 5.10 Å². The Hall–Kier alpha value is -3.37. The van der Waals surface area contributed by atoms with Crippen LogP contribution in [0, 0.1) is 11.3 Å². The Morgan fingerprint density at radius 2 is 1.89 bits per heavy atom. The fourth-order valence-electron chi connectivity index (χ4n) is 3.35. The number of methoxy groups -OCH3 is 1. The van der Waals surface area contributed by atoms with E-state index >= 15 is 0 Å². The van der Waals surface area contributed by atoms with Gasteiger partial charge in [-0.1, -0.05) is 12.1 Å². The molecule has 6 nitrogen and oxygen atoms in total. The highest BCUT2D eigenvalue weighted by Crippen LogP contribution is 2.45. The molecule has 0 fully saturated rings. The van der Waals surface area contributed by atoms with Crippen molar-refractivity contribution in [1.82, 2.24) is 10.2 Å². The van der Waals surface area contributed by atoms with Crippen LogP contribution in [0.3, 0.4) is 0 Å². The number of ether oxygens (including phenoxy) is 2. The molecule has 0 aliphatic carbocycles. The molecule has 0 saturated heterocycles. The summed E-state index contributed by atoms with van der Waals surface area (Å²) in [6.45, 7) is 0. The molecule has 1 atom stereocenters. The second-order valence-corrected chi connectivity index (χ2v) is 7.12. The summed E-state index contributed by atoms with van der Waals surface area (Å²) in [4.78, 5) is 1.15. The topological polar surface area (TPSA) is 97.0 Å². The number of thioether (sulfide) groups is 1. The van der Waals surface area contributed by atoms with Crippen LogP contribution in [0.1, 0.15) is 17.0 Å². The predicted octanol–water partition coefficient (Wildman–Crippen LogP) is 4.03. The van der Waals surface area contributed by atoms with Gasteiger partial charge in [-0.2, -0.15) is 5.26 Å². The highest BCUT2D eigenvalue weighted by molar-refractivity contribution is 7.98. The van der Waals surface area contributed by atoms with E-state index in [-0.39, 0.29) is 11.8 Å². The second-order valence-electron chi connectivity index (χ2n) is 6.24. The Kier molecular flexibility index (Phi) is 4.72. The molecule has 0 saturated carbocycles. The van der Waals surface area contributed by atoms with Crippen molar-refractivity contribution in [2.24, 2.45) is 5.73 Å². The number of allylic oxidation sites excluding steroid dienone is 1. The smallest absolute Gasteiger partial charge is 0.244 e. The Morgan fingerprint density at radius 1 is 1.18 bits per heavy atom. The van der Waals surface area contributed by atoms with Gasteiger partial charge < -0.3 is 15.2 Å². The first kappa shape index (κ1) is 18.0. The molecule has 2 heterocycles. The summed E-state index contributed by atoms with van der Waals surface area (Å²) < 4.78 is 10.9. The normalized spacial score (nSPS) is 15.5. The Morgan fingerprint density at radius 3 is 2.50 bits per heavy atom. The molecular formula is C21H18N4O2S. The van der Waals surface area contributed by atoms with Crippen LogP contribution >= 0.6 is 11.8 Å². The lowest BCUT2D eigenvalue weighted by Gasteiger charge is -2.24. The number of nitriles is 1. The van der Waals surface area contributed by atoms with E-state index in [2.05, 4.69) is 16.3 Å². The van der Waals surface area contributed by atoms with Crippen LogP contribution < -0.4 is 15.2 Å². The summed E-state index contributed by atoms with van der Waals surface area (Å²) in [5, 5.41) is 17.1. The van der Waals surface area contributed by atoms with Crippen molar-refractivity contribution < 1.29 is 9.47 Å². The quantitative estimate of drug-likeness (QED) is 0.653. The van der Waals surface area contributed by atoms with E-state index < -0.39 is 0 Å². The van der Waals surface area contributed by atoms with Crippen LogP contribution in [0.15, 0.2) is 64.9 Å². The zero-order chi connectivity index (χ0) is 19.7. The average molecular weight is 390 g/mol. The number of fused-ring (bicyclic) bond motifs is 1. The maximum atomic E-state index is 9.77. The summed E-state index contributed by atoms with van der Waals surface area (Å²) in [6, 6.07) is 18.0. The van der Waals surface area contributed by atoms with Crippen molar-refractivity contribution in [1.29, 1.82) is 5.26 Å². The lowest BCUT2D eigenvalue weighted by molar-refractivity contribution is 0.379. The molecule has 1 aliphatic rings. The summed E-state index contributed by atoms with van der Waals surface area (Å²) in [5.74, 6) is 0.878. The fourth-order valence-corrected chi connectivity index (χ4v) is 3.76. The largest absolute Gasteiger partial charge is 0.497 e. The number of rotatable bonds is 4. The van der Waals surface area contributed by atoms with Crippen molar-refractivity contribution >= 4 is 11.8 Å². The van der Waals surface area contributed by atoms with Crippen LogP contribution in [0.4, 0.5) is 0 Å². The van der Waals surface area contributed by atoms with Crippen molar-refractivity contribution in [3.63, 3.8) is 0 Å². The molecule has 3 aromatic rings. The van der Waals surface area contributed by atoms with Gasteiger partial charge in [0.25, 0.3) is 0 Å². The number of nitrogens with two attached hydrogens (primary N) is 1. The van der Waals surface area contributed by atoms with Gasteiger partial charge >= 0.3 is 0 Å². The van der Waals surface area contributed by atoms with Crippen LogP contribution in [0.25, 0.3) is 11.3 Å². The number of aromatic amines is 1. The number of H-pyrrole nitrogens is 1. The van der Waals surface area contributed by atoms with Gasteiger partial charge in [-0.15, -0.1) is 16.9 Å². The summed E-state index contributed by atoms with van der Waals surface area (Å²) >= 11 is 1.67. The lowest BCUT2D eigenvalue weighted by Crippen LogP contribution is -2.20. The highest BCUT2D eigenvalue weighted by atomic mass is 32.2. The van der Waals surface area contributed by atoms with Crippen LogP contribution in [0.5, 0.6) is 11.6 Å². The van der Waals surface area contributed by atoms with Gasteiger partial charge in [-0.05, 0) is 48.2 Å². The van der Waals surface area contributed by atoms with Crippen molar-refractivity contribution in [2.45, 2.75) is 10.8 Å². The zero-order valence-corrected chi connectivity index (χ0v) is 16.2. The maximum absolute atomic E-state index is 9.77. The van der Waals surface area contributed by atoms with Gasteiger partial charge in [0.15, 0.2) is 0 Å². The van der Waals surface area contributed by atoms with Crippen LogP contribution in [-0.4, -0.2) is 23.6 Å². The van der Waals surface area contributed by atoms with Gasteiger partial charge in [0.2, 0.25) is 11.8 Å². The lowest BCUT2D eigenvalue weighted by atomic mass is 9.83. The monoisotopic (exact) mass is 390 g/mol. The van der Waals surface area contributed by atoms with E-state index in [4.69, 9.17) is 15.2 Å². The number of hydrogen-bond donors (Lipinski definition) is 2. The van der Waals surface area contributed by atoms with E-state index in [0.29, 0.717) is 11.5 Å².